The van der Waals surface area contributed by atoms with E-state index in [4.69, 9.17) is 4.74 Å². The number of amides is 1. The molecule has 33 heavy (non-hydrogen) atoms. The van der Waals surface area contributed by atoms with E-state index in [1.54, 1.807) is 12.4 Å². The summed E-state index contributed by atoms with van der Waals surface area (Å²) in [6.45, 7) is -0.159. The number of aromatic nitrogens is 3. The third-order valence-corrected chi connectivity index (χ3v) is 6.27. The number of ether oxygens (including phenoxy) is 1. The van der Waals surface area contributed by atoms with Gasteiger partial charge in [0.05, 0.1) is 23.9 Å². The number of alkyl halides is 3. The molecule has 0 bridgehead atoms. The molecule has 2 aromatic heterocycles. The smallest absolute Gasteiger partial charge is 0.388 e. The number of fused-ring (bicyclic) bond motifs is 1. The predicted molar refractivity (Wildman–Crippen MR) is 107 cm³/mol. The molecule has 7 nitrogen and oxygen atoms in total. The number of rotatable bonds is 4. The van der Waals surface area contributed by atoms with Crippen molar-refractivity contribution in [1.82, 2.24) is 19.9 Å². The minimum absolute atomic E-state index is 0.0410. The fraction of sp³-hybridized carbons (Fsp3) is 0.409. The summed E-state index contributed by atoms with van der Waals surface area (Å²) in [5.74, 6) is -1.43. The van der Waals surface area contributed by atoms with Crippen LogP contribution in [0.2, 0.25) is 0 Å². The van der Waals surface area contributed by atoms with Crippen LogP contribution in [-0.2, 0) is 16.5 Å². The van der Waals surface area contributed by atoms with Gasteiger partial charge in [0.25, 0.3) is 5.91 Å². The van der Waals surface area contributed by atoms with Crippen molar-refractivity contribution < 1.29 is 32.2 Å². The number of benzene rings is 1. The van der Waals surface area contributed by atoms with E-state index in [2.05, 4.69) is 15.4 Å². The lowest BCUT2D eigenvalue weighted by Crippen LogP contribution is -2.58. The van der Waals surface area contributed by atoms with Crippen LogP contribution < -0.4 is 5.32 Å². The maximum atomic E-state index is 14.9. The minimum atomic E-state index is -4.73. The van der Waals surface area contributed by atoms with Gasteiger partial charge in [-0.05, 0) is 36.5 Å². The molecule has 174 valence electrons. The first kappa shape index (κ1) is 21.8. The molecule has 2 atom stereocenters. The highest BCUT2D eigenvalue weighted by Crippen LogP contribution is 2.40. The highest BCUT2D eigenvalue weighted by molar-refractivity contribution is 6.00. The number of nitrogens with zero attached hydrogens (tertiary/aromatic N) is 3. The van der Waals surface area contributed by atoms with Crippen molar-refractivity contribution in [3.05, 3.63) is 64.9 Å². The number of halogens is 4. The topological polar surface area (TPSA) is 88.8 Å². The average molecular weight is 464 g/mol. The van der Waals surface area contributed by atoms with Crippen molar-refractivity contribution in [3.63, 3.8) is 0 Å². The summed E-state index contributed by atoms with van der Waals surface area (Å²) in [5, 5.41) is 17.6. The Morgan fingerprint density at radius 3 is 2.73 bits per heavy atom. The lowest BCUT2D eigenvalue weighted by molar-refractivity contribution is -0.137. The summed E-state index contributed by atoms with van der Waals surface area (Å²) in [6.07, 6.45) is 0.777. The van der Waals surface area contributed by atoms with E-state index < -0.39 is 35.1 Å². The number of nitrogens with one attached hydrogen (secondary N) is 1. The first-order valence-corrected chi connectivity index (χ1v) is 10.5. The van der Waals surface area contributed by atoms with Crippen molar-refractivity contribution in [3.8, 4) is 0 Å². The predicted octanol–water partition coefficient (Wildman–Crippen LogP) is 3.17. The molecule has 1 aliphatic carbocycles. The second kappa shape index (κ2) is 7.77. The molecule has 2 aliphatic rings. The Morgan fingerprint density at radius 2 is 2.06 bits per heavy atom. The second-order valence-electron chi connectivity index (χ2n) is 8.45. The summed E-state index contributed by atoms with van der Waals surface area (Å²) < 4.78 is 60.7. The minimum Gasteiger partial charge on any atom is -0.388 e. The molecule has 3 heterocycles. The van der Waals surface area contributed by atoms with Crippen LogP contribution in [0.4, 0.5) is 17.6 Å². The summed E-state index contributed by atoms with van der Waals surface area (Å²) >= 11 is 0. The first-order valence-electron chi connectivity index (χ1n) is 10.5. The maximum Gasteiger partial charge on any atom is 0.416 e. The van der Waals surface area contributed by atoms with Crippen molar-refractivity contribution >= 4 is 11.6 Å². The molecule has 1 amide bonds. The summed E-state index contributed by atoms with van der Waals surface area (Å²) in [6, 6.07) is 2.04. The molecule has 2 fully saturated rings. The van der Waals surface area contributed by atoms with E-state index in [1.807, 2.05) is 0 Å². The molecule has 2 N–H and O–H groups in total. The van der Waals surface area contributed by atoms with E-state index in [0.29, 0.717) is 12.0 Å². The Balaban J connectivity index is 1.51. The molecule has 1 saturated carbocycles. The summed E-state index contributed by atoms with van der Waals surface area (Å²) in [7, 11) is 0. The lowest BCUT2D eigenvalue weighted by Gasteiger charge is -2.42. The monoisotopic (exact) mass is 464 g/mol. The lowest BCUT2D eigenvalue weighted by atomic mass is 9.79. The molecular weight excluding hydrogens is 444 g/mol. The molecule has 5 rings (SSSR count). The van der Waals surface area contributed by atoms with Gasteiger partial charge >= 0.3 is 6.18 Å². The number of hydrogen-bond acceptors (Lipinski definition) is 5. The van der Waals surface area contributed by atoms with Crippen molar-refractivity contribution in [2.75, 3.05) is 13.2 Å². The molecular formula is C22H20F4N4O3. The van der Waals surface area contributed by atoms with Gasteiger partial charge in [0.15, 0.2) is 5.65 Å². The Kier molecular flexibility index (Phi) is 5.13. The summed E-state index contributed by atoms with van der Waals surface area (Å²) in [5.41, 5.74) is -1.71. The van der Waals surface area contributed by atoms with Crippen molar-refractivity contribution in [2.45, 2.75) is 43.0 Å². The fourth-order valence-corrected chi connectivity index (χ4v) is 4.26. The van der Waals surface area contributed by atoms with Crippen LogP contribution >= 0.6 is 0 Å². The van der Waals surface area contributed by atoms with E-state index in [9.17, 15) is 27.5 Å². The quantitative estimate of drug-likeness (QED) is 0.579. The van der Waals surface area contributed by atoms with Crippen LogP contribution in [0.3, 0.4) is 0 Å². The van der Waals surface area contributed by atoms with Crippen LogP contribution in [0, 0.1) is 5.82 Å². The van der Waals surface area contributed by atoms with Gasteiger partial charge in [-0.15, -0.1) is 0 Å². The fourth-order valence-electron chi connectivity index (χ4n) is 4.26. The Labute approximate surface area is 185 Å². The zero-order valence-electron chi connectivity index (χ0n) is 17.3. The molecule has 3 aromatic rings. The Morgan fingerprint density at radius 1 is 1.27 bits per heavy atom. The van der Waals surface area contributed by atoms with Crippen LogP contribution in [0.25, 0.3) is 5.65 Å². The standard InChI is InChI=1S/C22H20F4N4O3/c23-17-7-14(22(24,25)26)3-4-16(17)21(5-6-33-11-18(21)31)29-20(32)15-9-28-30-10-13(12-1-2-12)8-27-19(15)30/h3-4,7-10,12,18,31H,1-2,5-6,11H2,(H,29,32)/t18-,21+/m0/s1. The summed E-state index contributed by atoms with van der Waals surface area (Å²) in [4.78, 5) is 17.6. The van der Waals surface area contributed by atoms with Crippen LogP contribution in [0.15, 0.2) is 36.8 Å². The molecule has 0 spiro atoms. The zero-order chi connectivity index (χ0) is 23.4. The second-order valence-corrected chi connectivity index (χ2v) is 8.45. The highest BCUT2D eigenvalue weighted by Gasteiger charge is 2.46. The largest absolute Gasteiger partial charge is 0.416 e. The average Bonchev–Trinajstić information content (AvgIpc) is 3.53. The van der Waals surface area contributed by atoms with E-state index in [1.165, 1.54) is 10.7 Å². The van der Waals surface area contributed by atoms with Crippen molar-refractivity contribution in [2.24, 2.45) is 0 Å². The zero-order valence-corrected chi connectivity index (χ0v) is 17.3. The molecule has 1 saturated heterocycles. The van der Waals surface area contributed by atoms with E-state index >= 15 is 0 Å². The SMILES string of the molecule is O=C(N[C@@]1(c2ccc(C(F)(F)F)cc2F)CCOC[C@@H]1O)c1cnn2cc(C3CC3)cnc12. The molecule has 0 unspecified atom stereocenters. The Hall–Kier alpha value is -3.05. The number of aliphatic hydroxyl groups is 1. The maximum absolute atomic E-state index is 14.9. The van der Waals surface area contributed by atoms with Gasteiger partial charge in [0.1, 0.15) is 17.5 Å². The molecule has 1 aliphatic heterocycles. The number of aliphatic hydroxyl groups excluding tert-OH is 1. The van der Waals surface area contributed by atoms with Gasteiger partial charge < -0.3 is 15.2 Å². The van der Waals surface area contributed by atoms with Gasteiger partial charge in [-0.3, -0.25) is 4.79 Å². The Bertz CT molecular complexity index is 1220. The third-order valence-electron chi connectivity index (χ3n) is 6.27. The normalized spacial score (nSPS) is 23.6. The first-order chi connectivity index (χ1) is 15.7. The van der Waals surface area contributed by atoms with E-state index in [-0.39, 0.29) is 36.4 Å². The van der Waals surface area contributed by atoms with Crippen LogP contribution in [-0.4, -0.2) is 44.9 Å². The molecule has 0 radical (unpaired) electrons. The molecule has 1 aromatic carbocycles. The third kappa shape index (κ3) is 3.84. The van der Waals surface area contributed by atoms with Gasteiger partial charge in [0, 0.05) is 31.0 Å². The number of carbonyl (C=O) groups is 1. The van der Waals surface area contributed by atoms with Crippen LogP contribution in [0.5, 0.6) is 0 Å². The molecule has 11 heteroatoms. The van der Waals surface area contributed by atoms with Gasteiger partial charge in [-0.25, -0.2) is 13.9 Å². The van der Waals surface area contributed by atoms with E-state index in [0.717, 1.165) is 30.5 Å². The van der Waals surface area contributed by atoms with Gasteiger partial charge in [-0.2, -0.15) is 18.3 Å². The van der Waals surface area contributed by atoms with Crippen LogP contribution in [0.1, 0.15) is 52.2 Å². The van der Waals surface area contributed by atoms with Gasteiger partial charge in [-0.1, -0.05) is 6.07 Å². The van der Waals surface area contributed by atoms with Gasteiger partial charge in [0.2, 0.25) is 0 Å². The van der Waals surface area contributed by atoms with Crippen molar-refractivity contribution in [1.29, 1.82) is 0 Å². The number of carbonyl (C=O) groups excluding carboxylic acids is 1. The number of hydrogen-bond donors (Lipinski definition) is 2. The highest BCUT2D eigenvalue weighted by atomic mass is 19.4.